The minimum Gasteiger partial charge on any atom is -0.382 e. The van der Waals surface area contributed by atoms with Crippen molar-refractivity contribution >= 4 is 12.1 Å². The van der Waals surface area contributed by atoms with Crippen molar-refractivity contribution in [1.29, 1.82) is 0 Å². The third kappa shape index (κ3) is 4.54. The van der Waals surface area contributed by atoms with E-state index in [4.69, 9.17) is 10.5 Å². The fraction of sp³-hybridized carbons (Fsp3) is 0.636. The number of carbonyl (C=O) groups excluding carboxylic acids is 1. The number of carbonyl (C=O) groups is 1. The van der Waals surface area contributed by atoms with Gasteiger partial charge < -0.3 is 16.2 Å². The van der Waals surface area contributed by atoms with Gasteiger partial charge in [0.25, 0.3) is 0 Å². The minimum atomic E-state index is 0.149. The SMILES string of the molecule is CCCC(COC)n1cc(C=O)c(N)n1.CN. The van der Waals surface area contributed by atoms with Crippen LogP contribution in [0.5, 0.6) is 0 Å². The van der Waals surface area contributed by atoms with Crippen LogP contribution in [0.3, 0.4) is 0 Å². The molecule has 0 saturated carbocycles. The van der Waals surface area contributed by atoms with E-state index >= 15 is 0 Å². The Morgan fingerprint density at radius 1 is 1.59 bits per heavy atom. The standard InChI is InChI=1S/C10H17N3O2.CH5N/c1-3-4-9(7-15-2)13-5-8(6-14)10(11)12-13;1-2/h5-6,9H,3-4,7H2,1-2H3,(H2,11,12);2H2,1H3. The third-order valence-electron chi connectivity index (χ3n) is 2.27. The lowest BCUT2D eigenvalue weighted by molar-refractivity contribution is 0.112. The van der Waals surface area contributed by atoms with Crippen LogP contribution in [-0.2, 0) is 4.74 Å². The third-order valence-corrected chi connectivity index (χ3v) is 2.27. The van der Waals surface area contributed by atoms with E-state index in [1.807, 2.05) is 0 Å². The number of anilines is 1. The Balaban J connectivity index is 0.00000121. The molecule has 0 bridgehead atoms. The predicted molar refractivity (Wildman–Crippen MR) is 68.0 cm³/mol. The van der Waals surface area contributed by atoms with E-state index in [0.717, 1.165) is 12.8 Å². The minimum absolute atomic E-state index is 0.149. The molecule has 98 valence electrons. The van der Waals surface area contributed by atoms with Crippen molar-refractivity contribution < 1.29 is 9.53 Å². The Hall–Kier alpha value is -1.40. The van der Waals surface area contributed by atoms with Gasteiger partial charge in [0.15, 0.2) is 12.1 Å². The fourth-order valence-corrected chi connectivity index (χ4v) is 1.52. The maximum Gasteiger partial charge on any atom is 0.156 e. The molecule has 1 rings (SSSR count). The van der Waals surface area contributed by atoms with E-state index in [0.29, 0.717) is 18.5 Å². The van der Waals surface area contributed by atoms with Crippen LogP contribution in [0.1, 0.15) is 36.2 Å². The lowest BCUT2D eigenvalue weighted by Gasteiger charge is -2.15. The molecule has 6 nitrogen and oxygen atoms in total. The van der Waals surface area contributed by atoms with E-state index in [9.17, 15) is 4.79 Å². The number of nitrogens with zero attached hydrogens (tertiary/aromatic N) is 2. The molecule has 17 heavy (non-hydrogen) atoms. The lowest BCUT2D eigenvalue weighted by atomic mass is 10.2. The first-order valence-corrected chi connectivity index (χ1v) is 5.59. The summed E-state index contributed by atoms with van der Waals surface area (Å²) >= 11 is 0. The Morgan fingerprint density at radius 3 is 2.65 bits per heavy atom. The zero-order chi connectivity index (χ0) is 13.3. The summed E-state index contributed by atoms with van der Waals surface area (Å²) in [5, 5.41) is 4.10. The summed E-state index contributed by atoms with van der Waals surface area (Å²) in [5.74, 6) is 0.280. The molecule has 1 unspecified atom stereocenters. The molecule has 4 N–H and O–H groups in total. The van der Waals surface area contributed by atoms with Crippen LogP contribution >= 0.6 is 0 Å². The van der Waals surface area contributed by atoms with Gasteiger partial charge >= 0.3 is 0 Å². The summed E-state index contributed by atoms with van der Waals surface area (Å²) in [6.45, 7) is 2.67. The Bertz CT molecular complexity index is 319. The quantitative estimate of drug-likeness (QED) is 0.721. The van der Waals surface area contributed by atoms with Gasteiger partial charge in [-0.3, -0.25) is 9.48 Å². The van der Waals surface area contributed by atoms with Crippen molar-refractivity contribution in [3.05, 3.63) is 11.8 Å². The molecule has 0 aliphatic carbocycles. The van der Waals surface area contributed by atoms with Gasteiger partial charge in [-0.2, -0.15) is 5.10 Å². The van der Waals surface area contributed by atoms with Gasteiger partial charge in [0, 0.05) is 13.3 Å². The zero-order valence-electron chi connectivity index (χ0n) is 10.7. The number of aromatic nitrogens is 2. The van der Waals surface area contributed by atoms with E-state index in [1.54, 1.807) is 18.0 Å². The molecule has 6 heteroatoms. The van der Waals surface area contributed by atoms with E-state index in [1.165, 1.54) is 7.05 Å². The highest BCUT2D eigenvalue weighted by molar-refractivity contribution is 5.81. The highest BCUT2D eigenvalue weighted by Gasteiger charge is 2.13. The molecule has 0 amide bonds. The maximum absolute atomic E-state index is 10.6. The van der Waals surface area contributed by atoms with Crippen LogP contribution < -0.4 is 11.5 Å². The van der Waals surface area contributed by atoms with Crippen LogP contribution in [0.4, 0.5) is 5.82 Å². The van der Waals surface area contributed by atoms with Gasteiger partial charge in [0.2, 0.25) is 0 Å². The fourth-order valence-electron chi connectivity index (χ4n) is 1.52. The number of aldehydes is 1. The maximum atomic E-state index is 10.6. The topological polar surface area (TPSA) is 96.2 Å². The molecule has 0 aromatic carbocycles. The van der Waals surface area contributed by atoms with Crippen molar-refractivity contribution in [2.24, 2.45) is 5.73 Å². The molecule has 1 heterocycles. The second kappa shape index (κ2) is 8.72. The van der Waals surface area contributed by atoms with Crippen LogP contribution in [0.15, 0.2) is 6.20 Å². The number of nitrogens with two attached hydrogens (primary N) is 2. The second-order valence-corrected chi connectivity index (χ2v) is 3.47. The number of ether oxygens (including phenoxy) is 1. The number of hydrogen-bond donors (Lipinski definition) is 2. The smallest absolute Gasteiger partial charge is 0.156 e. The van der Waals surface area contributed by atoms with Crippen LogP contribution in [0.25, 0.3) is 0 Å². The van der Waals surface area contributed by atoms with Crippen LogP contribution in [0, 0.1) is 0 Å². The average Bonchev–Trinajstić information content (AvgIpc) is 2.73. The van der Waals surface area contributed by atoms with Crippen LogP contribution in [0.2, 0.25) is 0 Å². The number of methoxy groups -OCH3 is 1. The van der Waals surface area contributed by atoms with Crippen LogP contribution in [-0.4, -0.2) is 36.8 Å². The summed E-state index contributed by atoms with van der Waals surface area (Å²) in [4.78, 5) is 10.6. The van der Waals surface area contributed by atoms with Gasteiger partial charge in [-0.15, -0.1) is 0 Å². The molecule has 0 spiro atoms. The zero-order valence-corrected chi connectivity index (χ0v) is 10.7. The average molecular weight is 242 g/mol. The monoisotopic (exact) mass is 242 g/mol. The summed E-state index contributed by atoms with van der Waals surface area (Å²) in [7, 11) is 3.15. The first-order valence-electron chi connectivity index (χ1n) is 5.59. The summed E-state index contributed by atoms with van der Waals surface area (Å²) in [5.41, 5.74) is 10.5. The van der Waals surface area contributed by atoms with Crippen molar-refractivity contribution in [3.63, 3.8) is 0 Å². The molecular weight excluding hydrogens is 220 g/mol. The number of hydrogen-bond acceptors (Lipinski definition) is 5. The highest BCUT2D eigenvalue weighted by Crippen LogP contribution is 2.16. The van der Waals surface area contributed by atoms with Crippen molar-refractivity contribution in [1.82, 2.24) is 9.78 Å². The molecule has 0 fully saturated rings. The van der Waals surface area contributed by atoms with Crippen molar-refractivity contribution in [3.8, 4) is 0 Å². The Morgan fingerprint density at radius 2 is 2.24 bits per heavy atom. The largest absolute Gasteiger partial charge is 0.382 e. The van der Waals surface area contributed by atoms with Gasteiger partial charge in [-0.1, -0.05) is 13.3 Å². The molecule has 0 aliphatic rings. The molecular formula is C11H22N4O2. The molecule has 1 aromatic heterocycles. The summed E-state index contributed by atoms with van der Waals surface area (Å²) in [6, 6.07) is 0.149. The first kappa shape index (κ1) is 15.6. The van der Waals surface area contributed by atoms with Gasteiger partial charge in [0.05, 0.1) is 18.2 Å². The first-order chi connectivity index (χ1) is 8.22. The predicted octanol–water partition coefficient (Wildman–Crippen LogP) is 0.840. The normalized spacial score (nSPS) is 11.5. The van der Waals surface area contributed by atoms with Crippen molar-refractivity contribution in [2.45, 2.75) is 25.8 Å². The number of rotatable bonds is 6. The van der Waals surface area contributed by atoms with E-state index < -0.39 is 0 Å². The molecule has 1 aromatic rings. The molecule has 0 saturated heterocycles. The second-order valence-electron chi connectivity index (χ2n) is 3.47. The Labute approximate surface area is 102 Å². The summed E-state index contributed by atoms with van der Waals surface area (Å²) < 4.78 is 6.82. The van der Waals surface area contributed by atoms with E-state index in [-0.39, 0.29) is 11.9 Å². The number of nitrogen functional groups attached to an aromatic ring is 1. The summed E-state index contributed by atoms with van der Waals surface area (Å²) in [6.07, 6.45) is 4.37. The lowest BCUT2D eigenvalue weighted by Crippen LogP contribution is -2.15. The molecule has 0 radical (unpaired) electrons. The van der Waals surface area contributed by atoms with E-state index in [2.05, 4.69) is 17.8 Å². The molecule has 1 atom stereocenters. The van der Waals surface area contributed by atoms with Gasteiger partial charge in [0.1, 0.15) is 0 Å². The van der Waals surface area contributed by atoms with Gasteiger partial charge in [-0.25, -0.2) is 0 Å². The highest BCUT2D eigenvalue weighted by atomic mass is 16.5. The molecule has 0 aliphatic heterocycles. The Kier molecular flexibility index (Phi) is 8.00. The van der Waals surface area contributed by atoms with Gasteiger partial charge in [-0.05, 0) is 13.5 Å². The van der Waals surface area contributed by atoms with Crippen molar-refractivity contribution in [2.75, 3.05) is 26.5 Å².